The molecule has 0 spiro atoms. The van der Waals surface area contributed by atoms with E-state index in [0.29, 0.717) is 11.4 Å². The molecule has 0 saturated heterocycles. The lowest BCUT2D eigenvalue weighted by Gasteiger charge is -2.17. The lowest BCUT2D eigenvalue weighted by molar-refractivity contribution is 0.0988. The standard InChI is InChI=1S/C18H15N3O2/c1-21(18(22)17-13-19-11-12-20-17)14-7-9-16(10-8-14)23-15-5-3-2-4-6-15/h2-13H,1H3. The van der Waals surface area contributed by atoms with Crippen molar-refractivity contribution >= 4 is 11.6 Å². The maximum absolute atomic E-state index is 12.3. The third-order valence-corrected chi connectivity index (χ3v) is 3.29. The highest BCUT2D eigenvalue weighted by Crippen LogP contribution is 2.24. The average molecular weight is 305 g/mol. The summed E-state index contributed by atoms with van der Waals surface area (Å²) in [5, 5.41) is 0. The van der Waals surface area contributed by atoms with Crippen LogP contribution in [0.5, 0.6) is 11.5 Å². The van der Waals surface area contributed by atoms with Gasteiger partial charge in [0.1, 0.15) is 17.2 Å². The van der Waals surface area contributed by atoms with Crippen LogP contribution in [-0.4, -0.2) is 22.9 Å². The number of amides is 1. The van der Waals surface area contributed by atoms with Gasteiger partial charge in [0.2, 0.25) is 0 Å². The predicted molar refractivity (Wildman–Crippen MR) is 87.7 cm³/mol. The predicted octanol–water partition coefficient (Wildman–Crippen LogP) is 3.55. The van der Waals surface area contributed by atoms with E-state index in [1.165, 1.54) is 23.5 Å². The minimum absolute atomic E-state index is 0.213. The number of benzene rings is 2. The maximum atomic E-state index is 12.3. The number of aromatic nitrogens is 2. The molecule has 1 amide bonds. The Morgan fingerprint density at radius 2 is 1.65 bits per heavy atom. The molecule has 0 unspecified atom stereocenters. The summed E-state index contributed by atoms with van der Waals surface area (Å²) in [6.45, 7) is 0. The Kier molecular flexibility index (Phi) is 4.29. The van der Waals surface area contributed by atoms with E-state index in [1.807, 2.05) is 54.6 Å². The fraction of sp³-hybridized carbons (Fsp3) is 0.0556. The topological polar surface area (TPSA) is 55.3 Å². The molecule has 23 heavy (non-hydrogen) atoms. The molecule has 0 bridgehead atoms. The number of carbonyl (C=O) groups excluding carboxylic acids is 1. The van der Waals surface area contributed by atoms with E-state index in [9.17, 15) is 4.79 Å². The zero-order chi connectivity index (χ0) is 16.1. The third kappa shape index (κ3) is 3.52. The van der Waals surface area contributed by atoms with Crippen molar-refractivity contribution in [1.82, 2.24) is 9.97 Å². The van der Waals surface area contributed by atoms with Gasteiger partial charge in [-0.15, -0.1) is 0 Å². The van der Waals surface area contributed by atoms with Crippen LogP contribution in [0, 0.1) is 0 Å². The van der Waals surface area contributed by atoms with E-state index < -0.39 is 0 Å². The van der Waals surface area contributed by atoms with Gasteiger partial charge in [-0.3, -0.25) is 9.78 Å². The third-order valence-electron chi connectivity index (χ3n) is 3.29. The Labute approximate surface area is 134 Å². The van der Waals surface area contributed by atoms with Crippen molar-refractivity contribution < 1.29 is 9.53 Å². The van der Waals surface area contributed by atoms with E-state index in [0.717, 1.165) is 11.4 Å². The normalized spacial score (nSPS) is 10.1. The molecule has 0 fully saturated rings. The van der Waals surface area contributed by atoms with E-state index in [1.54, 1.807) is 7.05 Å². The highest BCUT2D eigenvalue weighted by molar-refractivity contribution is 6.04. The largest absolute Gasteiger partial charge is 0.457 e. The zero-order valence-electron chi connectivity index (χ0n) is 12.6. The van der Waals surface area contributed by atoms with Crippen molar-refractivity contribution in [2.45, 2.75) is 0 Å². The highest BCUT2D eigenvalue weighted by atomic mass is 16.5. The van der Waals surface area contributed by atoms with Crippen molar-refractivity contribution in [3.63, 3.8) is 0 Å². The quantitative estimate of drug-likeness (QED) is 0.739. The number of rotatable bonds is 4. The van der Waals surface area contributed by atoms with E-state index in [2.05, 4.69) is 9.97 Å². The van der Waals surface area contributed by atoms with Crippen LogP contribution in [0.4, 0.5) is 5.69 Å². The molecule has 0 aliphatic rings. The van der Waals surface area contributed by atoms with Gasteiger partial charge in [0.05, 0.1) is 6.20 Å². The van der Waals surface area contributed by atoms with E-state index in [-0.39, 0.29) is 5.91 Å². The number of ether oxygens (including phenoxy) is 1. The van der Waals surface area contributed by atoms with Crippen molar-refractivity contribution in [3.8, 4) is 11.5 Å². The molecule has 0 aliphatic heterocycles. The number of carbonyl (C=O) groups is 1. The molecule has 0 aliphatic carbocycles. The van der Waals surface area contributed by atoms with Gasteiger partial charge in [-0.2, -0.15) is 0 Å². The van der Waals surface area contributed by atoms with Crippen LogP contribution in [0.3, 0.4) is 0 Å². The second kappa shape index (κ2) is 6.70. The molecular formula is C18H15N3O2. The SMILES string of the molecule is CN(C(=O)c1cnccn1)c1ccc(Oc2ccccc2)cc1. The molecule has 0 saturated carbocycles. The second-order valence-electron chi connectivity index (χ2n) is 4.86. The number of hydrogen-bond acceptors (Lipinski definition) is 4. The van der Waals surface area contributed by atoms with Crippen molar-refractivity contribution in [1.29, 1.82) is 0 Å². The minimum Gasteiger partial charge on any atom is -0.457 e. The molecule has 2 aromatic carbocycles. The average Bonchev–Trinajstić information content (AvgIpc) is 2.63. The Morgan fingerprint density at radius 1 is 0.957 bits per heavy atom. The van der Waals surface area contributed by atoms with Gasteiger partial charge in [-0.25, -0.2) is 4.98 Å². The Balaban J connectivity index is 1.73. The summed E-state index contributed by atoms with van der Waals surface area (Å²) in [5.41, 5.74) is 1.06. The fourth-order valence-electron chi connectivity index (χ4n) is 2.06. The molecule has 0 atom stereocenters. The summed E-state index contributed by atoms with van der Waals surface area (Å²) in [6.07, 6.45) is 4.48. The van der Waals surface area contributed by atoms with Gasteiger partial charge < -0.3 is 9.64 Å². The molecule has 1 heterocycles. The number of para-hydroxylation sites is 1. The summed E-state index contributed by atoms with van der Waals surface area (Å²) < 4.78 is 5.73. The maximum Gasteiger partial charge on any atom is 0.278 e. The summed E-state index contributed by atoms with van der Waals surface area (Å²) in [4.78, 5) is 21.8. The number of nitrogens with zero attached hydrogens (tertiary/aromatic N) is 3. The Hall–Kier alpha value is -3.21. The summed E-state index contributed by atoms with van der Waals surface area (Å²) in [7, 11) is 1.70. The van der Waals surface area contributed by atoms with Gasteiger partial charge in [-0.05, 0) is 36.4 Å². The monoisotopic (exact) mass is 305 g/mol. The molecule has 3 aromatic rings. The molecule has 3 rings (SSSR count). The molecule has 5 nitrogen and oxygen atoms in total. The lowest BCUT2D eigenvalue weighted by Crippen LogP contribution is -2.27. The smallest absolute Gasteiger partial charge is 0.278 e. The molecule has 1 aromatic heterocycles. The lowest BCUT2D eigenvalue weighted by atomic mass is 10.2. The van der Waals surface area contributed by atoms with Crippen LogP contribution >= 0.6 is 0 Å². The first-order chi connectivity index (χ1) is 11.2. The first-order valence-electron chi connectivity index (χ1n) is 7.11. The molecular weight excluding hydrogens is 290 g/mol. The molecule has 0 N–H and O–H groups in total. The van der Waals surface area contributed by atoms with Gasteiger partial charge >= 0.3 is 0 Å². The van der Waals surface area contributed by atoms with Gasteiger partial charge in [-0.1, -0.05) is 18.2 Å². The van der Waals surface area contributed by atoms with Crippen LogP contribution in [-0.2, 0) is 0 Å². The molecule has 114 valence electrons. The first-order valence-corrected chi connectivity index (χ1v) is 7.11. The molecule has 5 heteroatoms. The second-order valence-corrected chi connectivity index (χ2v) is 4.86. The number of anilines is 1. The van der Waals surface area contributed by atoms with E-state index >= 15 is 0 Å². The fourth-order valence-corrected chi connectivity index (χ4v) is 2.06. The summed E-state index contributed by atoms with van der Waals surface area (Å²) in [6, 6.07) is 16.8. The van der Waals surface area contributed by atoms with Crippen molar-refractivity contribution in [3.05, 3.63) is 78.9 Å². The van der Waals surface area contributed by atoms with Crippen LogP contribution in [0.15, 0.2) is 73.2 Å². The summed E-state index contributed by atoms with van der Waals surface area (Å²) in [5.74, 6) is 1.26. The Bertz CT molecular complexity index is 774. The van der Waals surface area contributed by atoms with E-state index in [4.69, 9.17) is 4.74 Å². The molecule has 0 radical (unpaired) electrons. The van der Waals surface area contributed by atoms with Crippen molar-refractivity contribution in [2.75, 3.05) is 11.9 Å². The van der Waals surface area contributed by atoms with Gasteiger partial charge in [0.25, 0.3) is 5.91 Å². The zero-order valence-corrected chi connectivity index (χ0v) is 12.6. The Morgan fingerprint density at radius 3 is 2.30 bits per heavy atom. The van der Waals surface area contributed by atoms with Crippen LogP contribution in [0.2, 0.25) is 0 Å². The van der Waals surface area contributed by atoms with Gasteiger partial charge in [0.15, 0.2) is 0 Å². The van der Waals surface area contributed by atoms with Gasteiger partial charge in [0, 0.05) is 25.1 Å². The van der Waals surface area contributed by atoms with Crippen molar-refractivity contribution in [2.24, 2.45) is 0 Å². The highest BCUT2D eigenvalue weighted by Gasteiger charge is 2.14. The van der Waals surface area contributed by atoms with Crippen LogP contribution < -0.4 is 9.64 Å². The summed E-state index contributed by atoms with van der Waals surface area (Å²) >= 11 is 0. The minimum atomic E-state index is -0.213. The number of hydrogen-bond donors (Lipinski definition) is 0. The van der Waals surface area contributed by atoms with Crippen LogP contribution in [0.1, 0.15) is 10.5 Å². The first kappa shape index (κ1) is 14.7. The van der Waals surface area contributed by atoms with Crippen LogP contribution in [0.25, 0.3) is 0 Å².